The molecule has 0 spiro atoms. The Kier molecular flexibility index (Phi) is 9.95. The lowest BCUT2D eigenvalue weighted by molar-refractivity contribution is 0.225. The number of rotatable bonds is 7. The molecule has 0 saturated heterocycles. The van der Waals surface area contributed by atoms with E-state index >= 15 is 0 Å². The van der Waals surface area contributed by atoms with Crippen molar-refractivity contribution >= 4 is 11.0 Å². The molecule has 2 aromatic heterocycles. The third-order valence-electron chi connectivity index (χ3n) is 12.6. The third kappa shape index (κ3) is 7.38. The molecule has 0 atom stereocenters. The molecule has 59 heavy (non-hydrogen) atoms. The highest BCUT2D eigenvalue weighted by molar-refractivity contribution is 5.98. The number of para-hydroxylation sites is 1. The molecular weight excluding hydrogens is 719 g/mol. The van der Waals surface area contributed by atoms with Gasteiger partial charge < -0.3 is 5.11 Å². The topological polar surface area (TPSA) is 50.9 Å². The van der Waals surface area contributed by atoms with E-state index in [0.717, 1.165) is 72.5 Å². The van der Waals surface area contributed by atoms with Gasteiger partial charge in [-0.05, 0) is 123 Å². The van der Waals surface area contributed by atoms with Gasteiger partial charge in [0.15, 0.2) is 0 Å². The summed E-state index contributed by atoms with van der Waals surface area (Å²) in [7, 11) is 0. The molecule has 6 aromatic carbocycles. The molecule has 4 nitrogen and oxygen atoms in total. The molecule has 0 fully saturated rings. The van der Waals surface area contributed by atoms with Crippen molar-refractivity contribution in [2.45, 2.75) is 80.1 Å². The Morgan fingerprint density at radius 2 is 1.20 bits per heavy atom. The number of fused-ring (bicyclic) bond motifs is 1. The summed E-state index contributed by atoms with van der Waals surface area (Å²) in [5.74, 6) is 0.933. The monoisotopic (exact) mass is 773 g/mol. The molecule has 0 radical (unpaired) electrons. The van der Waals surface area contributed by atoms with Crippen molar-refractivity contribution in [1.29, 1.82) is 0 Å². The van der Waals surface area contributed by atoms with Crippen LogP contribution in [0.5, 0.6) is 5.75 Å². The normalized spacial score (nSPS) is 12.3. The minimum Gasteiger partial charge on any atom is -0.507 e. The Morgan fingerprint density at radius 3 is 1.88 bits per heavy atom. The number of aryl methyl sites for hydroxylation is 2. The minimum absolute atomic E-state index is 0.0218. The van der Waals surface area contributed by atoms with Gasteiger partial charge in [0.2, 0.25) is 0 Å². The molecule has 0 bridgehead atoms. The summed E-state index contributed by atoms with van der Waals surface area (Å²) in [6.07, 6.45) is 1.91. The Bertz CT molecular complexity index is 2830. The van der Waals surface area contributed by atoms with Gasteiger partial charge in [0.05, 0.1) is 28.0 Å². The van der Waals surface area contributed by atoms with E-state index in [0.29, 0.717) is 11.4 Å². The first-order chi connectivity index (χ1) is 28.0. The fourth-order valence-electron chi connectivity index (χ4n) is 8.05. The Morgan fingerprint density at radius 1 is 0.525 bits per heavy atom. The standard InChI is InChI=1S/C55H55N3O/c1-35-28-36(2)51(59)46(29-35)52-57-50-44(40-30-41(32-43(31-40)53(3,4)5)47-33-39(26-27-56-47)37-18-13-11-14-19-37)22-17-23-49(50)58(52)48-25-24-42(55(9,10)54(6,7)8)34-45(48)38-20-15-12-16-21-38/h11-34,59H,1-10H3. The Balaban J connectivity index is 1.42. The number of aromatic hydroxyl groups is 1. The minimum atomic E-state index is -0.127. The number of aromatic nitrogens is 3. The average Bonchev–Trinajstić information content (AvgIpc) is 3.61. The highest BCUT2D eigenvalue weighted by Gasteiger charge is 2.35. The summed E-state index contributed by atoms with van der Waals surface area (Å²) < 4.78 is 2.27. The molecule has 1 N–H and O–H groups in total. The van der Waals surface area contributed by atoms with Crippen molar-refractivity contribution < 1.29 is 5.11 Å². The number of hydrogen-bond donors (Lipinski definition) is 1. The molecule has 0 aliphatic rings. The summed E-state index contributed by atoms with van der Waals surface area (Å²) in [4.78, 5) is 10.5. The van der Waals surface area contributed by atoms with E-state index in [1.165, 1.54) is 11.1 Å². The van der Waals surface area contributed by atoms with Crippen LogP contribution in [0.3, 0.4) is 0 Å². The van der Waals surface area contributed by atoms with Crippen LogP contribution in [0.1, 0.15) is 77.6 Å². The van der Waals surface area contributed by atoms with Crippen molar-refractivity contribution in [2.24, 2.45) is 5.41 Å². The SMILES string of the molecule is Cc1cc(C)c(O)c(-c2nc3c(-c4cc(-c5cc(-c6ccccc6)ccn5)cc(C(C)(C)C)c4)cccc3n2-c2ccc(C(C)(C)C(C)(C)C)cc2-c2ccccc2)c1. The molecule has 8 aromatic rings. The fraction of sp³-hybridized carbons (Fsp3) is 0.236. The first-order valence-corrected chi connectivity index (χ1v) is 20.7. The predicted octanol–water partition coefficient (Wildman–Crippen LogP) is 14.7. The second-order valence-corrected chi connectivity index (χ2v) is 18.7. The predicted molar refractivity (Wildman–Crippen MR) is 248 cm³/mol. The summed E-state index contributed by atoms with van der Waals surface area (Å²) in [5, 5.41) is 11.8. The summed E-state index contributed by atoms with van der Waals surface area (Å²) in [5.41, 5.74) is 16.2. The van der Waals surface area contributed by atoms with Gasteiger partial charge in [-0.25, -0.2) is 4.98 Å². The highest BCUT2D eigenvalue weighted by Crippen LogP contribution is 2.46. The van der Waals surface area contributed by atoms with Crippen molar-refractivity contribution in [3.8, 4) is 67.5 Å². The Labute approximate surface area is 350 Å². The van der Waals surface area contributed by atoms with Crippen LogP contribution in [0.15, 0.2) is 146 Å². The fourth-order valence-corrected chi connectivity index (χ4v) is 8.05. The van der Waals surface area contributed by atoms with Gasteiger partial charge in [-0.3, -0.25) is 9.55 Å². The zero-order chi connectivity index (χ0) is 41.9. The largest absolute Gasteiger partial charge is 0.507 e. The molecule has 0 amide bonds. The third-order valence-corrected chi connectivity index (χ3v) is 12.6. The maximum atomic E-state index is 11.8. The average molecular weight is 774 g/mol. The van der Waals surface area contributed by atoms with Crippen LogP contribution in [-0.4, -0.2) is 19.6 Å². The number of benzene rings is 6. The smallest absolute Gasteiger partial charge is 0.149 e. The van der Waals surface area contributed by atoms with Gasteiger partial charge in [0.1, 0.15) is 11.6 Å². The number of pyridine rings is 1. The van der Waals surface area contributed by atoms with E-state index in [4.69, 9.17) is 9.97 Å². The van der Waals surface area contributed by atoms with Crippen molar-refractivity contribution in [1.82, 2.24) is 14.5 Å². The van der Waals surface area contributed by atoms with Gasteiger partial charge in [0.25, 0.3) is 0 Å². The maximum absolute atomic E-state index is 11.8. The summed E-state index contributed by atoms with van der Waals surface area (Å²) >= 11 is 0. The van der Waals surface area contributed by atoms with Crippen LogP contribution in [0.2, 0.25) is 0 Å². The molecule has 2 heterocycles. The maximum Gasteiger partial charge on any atom is 0.149 e. The molecule has 296 valence electrons. The lowest BCUT2D eigenvalue weighted by Gasteiger charge is -2.40. The van der Waals surface area contributed by atoms with Gasteiger partial charge in [-0.2, -0.15) is 0 Å². The number of phenolic OH excluding ortho intramolecular Hbond substituents is 1. The molecule has 8 rings (SSSR count). The van der Waals surface area contributed by atoms with Crippen LogP contribution in [0.4, 0.5) is 0 Å². The van der Waals surface area contributed by atoms with E-state index in [1.54, 1.807) is 0 Å². The highest BCUT2D eigenvalue weighted by atomic mass is 16.3. The number of imidazole rings is 1. The molecule has 0 aliphatic carbocycles. The van der Waals surface area contributed by atoms with E-state index in [2.05, 4.69) is 194 Å². The van der Waals surface area contributed by atoms with Crippen LogP contribution >= 0.6 is 0 Å². The number of nitrogens with zero attached hydrogens (tertiary/aromatic N) is 3. The summed E-state index contributed by atoms with van der Waals surface area (Å²) in [6.45, 7) is 22.4. The zero-order valence-corrected chi connectivity index (χ0v) is 36.1. The van der Waals surface area contributed by atoms with E-state index in [1.807, 2.05) is 25.3 Å². The van der Waals surface area contributed by atoms with Crippen LogP contribution in [-0.2, 0) is 10.8 Å². The van der Waals surface area contributed by atoms with E-state index < -0.39 is 0 Å². The molecule has 0 unspecified atom stereocenters. The molecule has 0 aliphatic heterocycles. The van der Waals surface area contributed by atoms with E-state index in [9.17, 15) is 5.11 Å². The number of phenols is 1. The van der Waals surface area contributed by atoms with Crippen molar-refractivity contribution in [2.75, 3.05) is 0 Å². The van der Waals surface area contributed by atoms with Crippen molar-refractivity contribution in [3.63, 3.8) is 0 Å². The summed E-state index contributed by atoms with van der Waals surface area (Å²) in [6, 6.07) is 49.7. The van der Waals surface area contributed by atoms with Gasteiger partial charge in [-0.1, -0.05) is 146 Å². The lowest BCUT2D eigenvalue weighted by atomic mass is 9.65. The first kappa shape index (κ1) is 39.6. The zero-order valence-electron chi connectivity index (χ0n) is 36.1. The number of hydrogen-bond acceptors (Lipinski definition) is 3. The van der Waals surface area contributed by atoms with Crippen molar-refractivity contribution in [3.05, 3.63) is 168 Å². The van der Waals surface area contributed by atoms with Gasteiger partial charge in [-0.15, -0.1) is 0 Å². The lowest BCUT2D eigenvalue weighted by Crippen LogP contribution is -2.34. The second-order valence-electron chi connectivity index (χ2n) is 18.7. The second kappa shape index (κ2) is 14.8. The molecular formula is C55H55N3O. The Hall–Kier alpha value is -6.26. The molecule has 0 saturated carbocycles. The molecule has 4 heteroatoms. The van der Waals surface area contributed by atoms with Crippen LogP contribution in [0.25, 0.3) is 72.7 Å². The van der Waals surface area contributed by atoms with Crippen LogP contribution < -0.4 is 0 Å². The quantitative estimate of drug-likeness (QED) is 0.175. The first-order valence-electron chi connectivity index (χ1n) is 20.7. The van der Waals surface area contributed by atoms with Gasteiger partial charge >= 0.3 is 0 Å². The van der Waals surface area contributed by atoms with E-state index in [-0.39, 0.29) is 22.0 Å². The van der Waals surface area contributed by atoms with Gasteiger partial charge in [0, 0.05) is 22.9 Å². The van der Waals surface area contributed by atoms with Crippen LogP contribution in [0, 0.1) is 19.3 Å².